The molecule has 244 valence electrons. The van der Waals surface area contributed by atoms with Gasteiger partial charge in [-0.25, -0.2) is 23.1 Å². The van der Waals surface area contributed by atoms with Gasteiger partial charge in [0.2, 0.25) is 5.91 Å². The van der Waals surface area contributed by atoms with Gasteiger partial charge in [0.05, 0.1) is 23.5 Å². The van der Waals surface area contributed by atoms with Crippen LogP contribution < -0.4 is 0 Å². The number of hydrogen-bond acceptors (Lipinski definition) is 4. The number of nitrogens with zero attached hydrogens (tertiary/aromatic N) is 4. The molecule has 1 aliphatic heterocycles. The number of imidazole rings is 1. The van der Waals surface area contributed by atoms with E-state index >= 15 is 4.39 Å². The Balaban J connectivity index is 1.13. The Kier molecular flexibility index (Phi) is 8.64. The van der Waals surface area contributed by atoms with E-state index in [1.54, 1.807) is 44.2 Å². The molecule has 6 aromatic rings. The lowest BCUT2D eigenvalue weighted by Gasteiger charge is -2.32. The van der Waals surface area contributed by atoms with Crippen molar-refractivity contribution in [1.82, 2.24) is 19.3 Å². The van der Waals surface area contributed by atoms with Crippen LogP contribution >= 0.6 is 11.3 Å². The first-order chi connectivity index (χ1) is 23.2. The van der Waals surface area contributed by atoms with Crippen molar-refractivity contribution in [2.75, 3.05) is 13.1 Å². The molecule has 1 fully saturated rings. The molecule has 0 atom stereocenters. The molecule has 0 spiro atoms. The SMILES string of the molecule is CCc1nc2ccc(C3CCN(C(=O)Cc4cccc(C)c4F)CC3)cn2c1-c1ccc(-c2nc(-c3ccc(F)cc3)cs2)c(C)c1F. The molecule has 48 heavy (non-hydrogen) atoms. The van der Waals surface area contributed by atoms with E-state index in [4.69, 9.17) is 9.97 Å². The number of aryl methyl sites for hydroxylation is 2. The number of carbonyl (C=O) groups excluding carboxylic acids is 1. The monoisotopic (exact) mass is 664 g/mol. The number of hydrogen-bond donors (Lipinski definition) is 0. The van der Waals surface area contributed by atoms with E-state index in [2.05, 4.69) is 12.3 Å². The largest absolute Gasteiger partial charge is 0.342 e. The fourth-order valence-electron chi connectivity index (χ4n) is 6.72. The molecule has 4 heterocycles. The maximum Gasteiger partial charge on any atom is 0.227 e. The van der Waals surface area contributed by atoms with Crippen LogP contribution in [0.3, 0.4) is 0 Å². The summed E-state index contributed by atoms with van der Waals surface area (Å²) >= 11 is 1.43. The van der Waals surface area contributed by atoms with Crippen LogP contribution in [-0.2, 0) is 17.6 Å². The van der Waals surface area contributed by atoms with Crippen LogP contribution in [0.25, 0.3) is 38.7 Å². The predicted molar refractivity (Wildman–Crippen MR) is 185 cm³/mol. The smallest absolute Gasteiger partial charge is 0.227 e. The van der Waals surface area contributed by atoms with E-state index < -0.39 is 0 Å². The third-order valence-electron chi connectivity index (χ3n) is 9.50. The zero-order valence-electron chi connectivity index (χ0n) is 27.1. The molecule has 7 rings (SSSR count). The number of amides is 1. The summed E-state index contributed by atoms with van der Waals surface area (Å²) in [5.74, 6) is -0.763. The molecule has 0 radical (unpaired) electrons. The molecule has 0 unspecified atom stereocenters. The summed E-state index contributed by atoms with van der Waals surface area (Å²) in [6.45, 7) is 6.70. The fourth-order valence-corrected chi connectivity index (χ4v) is 7.63. The lowest BCUT2D eigenvalue weighted by Crippen LogP contribution is -2.39. The summed E-state index contributed by atoms with van der Waals surface area (Å²) in [6.07, 6.45) is 4.34. The van der Waals surface area contributed by atoms with E-state index in [1.165, 1.54) is 23.5 Å². The first-order valence-electron chi connectivity index (χ1n) is 16.3. The lowest BCUT2D eigenvalue weighted by atomic mass is 9.90. The van der Waals surface area contributed by atoms with Crippen LogP contribution in [0.5, 0.6) is 0 Å². The summed E-state index contributed by atoms with van der Waals surface area (Å²) in [6, 6.07) is 19.2. The van der Waals surface area contributed by atoms with Gasteiger partial charge in [0.25, 0.3) is 0 Å². The molecule has 3 aromatic heterocycles. The average Bonchev–Trinajstić information content (AvgIpc) is 3.73. The van der Waals surface area contributed by atoms with E-state index in [9.17, 15) is 13.6 Å². The molecule has 0 bridgehead atoms. The number of fused-ring (bicyclic) bond motifs is 1. The van der Waals surface area contributed by atoms with Crippen LogP contribution in [0.1, 0.15) is 53.6 Å². The Hall–Kier alpha value is -4.76. The summed E-state index contributed by atoms with van der Waals surface area (Å²) in [5.41, 5.74) is 7.62. The average molecular weight is 665 g/mol. The maximum absolute atomic E-state index is 16.3. The Labute approximate surface area is 281 Å². The summed E-state index contributed by atoms with van der Waals surface area (Å²) in [4.78, 5) is 24.5. The summed E-state index contributed by atoms with van der Waals surface area (Å²) in [5, 5.41) is 2.60. The summed E-state index contributed by atoms with van der Waals surface area (Å²) < 4.78 is 46.3. The van der Waals surface area contributed by atoms with Gasteiger partial charge in [-0.3, -0.25) is 9.20 Å². The number of likely N-dealkylation sites (tertiary alicyclic amines) is 1. The van der Waals surface area contributed by atoms with Gasteiger partial charge in [-0.1, -0.05) is 37.3 Å². The van der Waals surface area contributed by atoms with Crippen LogP contribution in [0.4, 0.5) is 13.2 Å². The second kappa shape index (κ2) is 13.0. The van der Waals surface area contributed by atoms with Crippen LogP contribution in [-0.4, -0.2) is 38.3 Å². The van der Waals surface area contributed by atoms with Gasteiger partial charge in [0, 0.05) is 41.4 Å². The van der Waals surface area contributed by atoms with E-state index in [0.29, 0.717) is 52.3 Å². The highest BCUT2D eigenvalue weighted by Crippen LogP contribution is 2.38. The summed E-state index contributed by atoms with van der Waals surface area (Å²) in [7, 11) is 0. The van der Waals surface area contributed by atoms with Crippen molar-refractivity contribution in [1.29, 1.82) is 0 Å². The zero-order chi connectivity index (χ0) is 33.5. The number of rotatable bonds is 7. The van der Waals surface area contributed by atoms with Gasteiger partial charge in [0.1, 0.15) is 28.1 Å². The quantitative estimate of drug-likeness (QED) is 0.171. The highest BCUT2D eigenvalue weighted by atomic mass is 32.1. The Morgan fingerprint density at radius 2 is 1.65 bits per heavy atom. The van der Waals surface area contributed by atoms with E-state index in [0.717, 1.165) is 46.7 Å². The molecule has 3 aromatic carbocycles. The number of aromatic nitrogens is 3. The van der Waals surface area contributed by atoms with Gasteiger partial charge >= 0.3 is 0 Å². The predicted octanol–water partition coefficient (Wildman–Crippen LogP) is 9.34. The molecule has 0 N–H and O–H groups in total. The molecule has 1 aliphatic rings. The molecule has 1 saturated heterocycles. The molecular weight excluding hydrogens is 630 g/mol. The minimum Gasteiger partial charge on any atom is -0.342 e. The molecule has 9 heteroatoms. The molecule has 1 amide bonds. The Morgan fingerprint density at radius 3 is 2.40 bits per heavy atom. The first-order valence-corrected chi connectivity index (χ1v) is 17.1. The minimum absolute atomic E-state index is 0.0587. The zero-order valence-corrected chi connectivity index (χ0v) is 27.9. The normalized spacial score (nSPS) is 13.8. The van der Waals surface area contributed by atoms with Crippen molar-refractivity contribution in [3.8, 4) is 33.1 Å². The number of halogens is 3. The number of benzene rings is 3. The fraction of sp³-hybridized carbons (Fsp3) is 0.256. The van der Waals surface area contributed by atoms with Gasteiger partial charge < -0.3 is 4.90 Å². The first kappa shape index (κ1) is 31.8. The second-order valence-corrected chi connectivity index (χ2v) is 13.3. The Morgan fingerprint density at radius 1 is 0.896 bits per heavy atom. The van der Waals surface area contributed by atoms with Crippen molar-refractivity contribution in [3.63, 3.8) is 0 Å². The highest BCUT2D eigenvalue weighted by molar-refractivity contribution is 7.13. The standard InChI is InChI=1S/C39H35F3N4OS/c1-4-32-38(31-14-13-30(24(3)37(31)42)39-44-33(22-48-39)26-8-11-29(40)12-9-26)46-21-28(10-15-34(46)43-32)25-16-18-45(19-17-25)35(47)20-27-7-5-6-23(2)36(27)41/h5-15,21-22,25H,4,16-20H2,1-3H3. The van der Waals surface area contributed by atoms with Crippen molar-refractivity contribution >= 4 is 22.9 Å². The van der Waals surface area contributed by atoms with E-state index in [-0.39, 0.29) is 35.7 Å². The van der Waals surface area contributed by atoms with Gasteiger partial charge in [0.15, 0.2) is 0 Å². The van der Waals surface area contributed by atoms with Crippen LogP contribution in [0.2, 0.25) is 0 Å². The number of carbonyl (C=O) groups is 1. The topological polar surface area (TPSA) is 50.5 Å². The minimum atomic E-state index is -0.315. The van der Waals surface area contributed by atoms with E-state index in [1.807, 2.05) is 39.8 Å². The number of piperidine rings is 1. The molecule has 0 saturated carbocycles. The molecule has 0 aliphatic carbocycles. The van der Waals surface area contributed by atoms with Crippen molar-refractivity contribution in [2.24, 2.45) is 0 Å². The van der Waals surface area contributed by atoms with Crippen LogP contribution in [0.15, 0.2) is 78.3 Å². The highest BCUT2D eigenvalue weighted by Gasteiger charge is 2.26. The van der Waals surface area contributed by atoms with Crippen molar-refractivity contribution < 1.29 is 18.0 Å². The maximum atomic E-state index is 16.3. The van der Waals surface area contributed by atoms with Crippen molar-refractivity contribution in [2.45, 2.75) is 52.4 Å². The van der Waals surface area contributed by atoms with Gasteiger partial charge in [-0.15, -0.1) is 11.3 Å². The molecule has 5 nitrogen and oxygen atoms in total. The second-order valence-electron chi connectivity index (χ2n) is 12.5. The number of pyridine rings is 1. The van der Waals surface area contributed by atoms with Crippen molar-refractivity contribution in [3.05, 3.63) is 124 Å². The lowest BCUT2D eigenvalue weighted by molar-refractivity contribution is -0.131. The third-order valence-corrected chi connectivity index (χ3v) is 10.4. The third kappa shape index (κ3) is 5.92. The molecular formula is C39H35F3N4OS. The van der Waals surface area contributed by atoms with Gasteiger partial charge in [-0.2, -0.15) is 0 Å². The van der Waals surface area contributed by atoms with Crippen LogP contribution in [0, 0.1) is 31.3 Å². The Bertz CT molecular complexity index is 2150. The van der Waals surface area contributed by atoms with Gasteiger partial charge in [-0.05, 0) is 97.7 Å². The number of thiazole rings is 1.